The molecule has 1 aliphatic carbocycles. The first-order chi connectivity index (χ1) is 17.7. The van der Waals surface area contributed by atoms with Crippen molar-refractivity contribution in [1.29, 1.82) is 0 Å². The highest BCUT2D eigenvalue weighted by atomic mass is 35.5. The number of aromatic nitrogens is 4. The van der Waals surface area contributed by atoms with E-state index in [0.29, 0.717) is 34.6 Å². The second-order valence-corrected chi connectivity index (χ2v) is 9.53. The van der Waals surface area contributed by atoms with Gasteiger partial charge in [0.1, 0.15) is 5.65 Å². The van der Waals surface area contributed by atoms with Crippen LogP contribution in [0.4, 0.5) is 23.4 Å². The molecule has 7 nitrogen and oxygen atoms in total. The minimum absolute atomic E-state index is 0.0350. The fourth-order valence-electron chi connectivity index (χ4n) is 4.77. The van der Waals surface area contributed by atoms with Gasteiger partial charge in [-0.2, -0.15) is 13.2 Å². The number of nitrogens with zero attached hydrogens (tertiary/aromatic N) is 4. The molecule has 3 aromatic rings. The average molecular weight is 535 g/mol. The molecule has 0 aromatic carbocycles. The summed E-state index contributed by atoms with van der Waals surface area (Å²) in [6.07, 6.45) is 5.42. The van der Waals surface area contributed by atoms with Crippen molar-refractivity contribution in [2.24, 2.45) is 5.92 Å². The third-order valence-corrected chi connectivity index (χ3v) is 6.87. The number of H-pyrrole nitrogens is 1. The van der Waals surface area contributed by atoms with Crippen LogP contribution in [0.5, 0.6) is 0 Å². The van der Waals surface area contributed by atoms with Crippen molar-refractivity contribution in [1.82, 2.24) is 24.8 Å². The van der Waals surface area contributed by atoms with Crippen LogP contribution in [0, 0.1) is 11.7 Å². The van der Waals surface area contributed by atoms with Gasteiger partial charge in [-0.1, -0.05) is 29.8 Å². The van der Waals surface area contributed by atoms with Gasteiger partial charge in [0.2, 0.25) is 5.91 Å². The van der Waals surface area contributed by atoms with Crippen molar-refractivity contribution in [2.75, 3.05) is 18.4 Å². The standard InChI is InChI=1S/C25H23ClF4N6O/c26-16-9-18-19(12-33-21(18)31-10-16)22-34-13-20(27)23(35-22)32-11-17-6-1-2-7-36(17)24(37)14-4-3-5-15(8-14)25(28,29)30/h3-5,9-10,12-14,17H,1-2,6-8,11H2,(H,31,33)(H,32,34,35)/t14?,17-/m1/s1. The van der Waals surface area contributed by atoms with E-state index in [1.807, 2.05) is 0 Å². The van der Waals surface area contributed by atoms with E-state index in [4.69, 9.17) is 11.6 Å². The molecule has 0 saturated carbocycles. The van der Waals surface area contributed by atoms with Crippen molar-refractivity contribution in [2.45, 2.75) is 37.9 Å². The molecule has 0 spiro atoms. The zero-order chi connectivity index (χ0) is 26.2. The van der Waals surface area contributed by atoms with Gasteiger partial charge < -0.3 is 15.2 Å². The molecule has 2 N–H and O–H groups in total. The highest BCUT2D eigenvalue weighted by molar-refractivity contribution is 6.31. The third kappa shape index (κ3) is 5.31. The van der Waals surface area contributed by atoms with Gasteiger partial charge >= 0.3 is 6.18 Å². The van der Waals surface area contributed by atoms with Crippen LogP contribution in [0.25, 0.3) is 22.4 Å². The highest BCUT2D eigenvalue weighted by Gasteiger charge is 2.39. The van der Waals surface area contributed by atoms with Crippen molar-refractivity contribution in [3.63, 3.8) is 0 Å². The number of anilines is 1. The molecular weight excluding hydrogens is 512 g/mol. The first-order valence-corrected chi connectivity index (χ1v) is 12.2. The summed E-state index contributed by atoms with van der Waals surface area (Å²) in [5.41, 5.74) is 0.461. The maximum absolute atomic E-state index is 14.6. The third-order valence-electron chi connectivity index (χ3n) is 6.66. The lowest BCUT2D eigenvalue weighted by Gasteiger charge is -2.38. The van der Waals surface area contributed by atoms with E-state index >= 15 is 0 Å². The van der Waals surface area contributed by atoms with Crippen molar-refractivity contribution < 1.29 is 22.4 Å². The molecule has 1 saturated heterocycles. The number of hydrogen-bond acceptors (Lipinski definition) is 5. The predicted molar refractivity (Wildman–Crippen MR) is 131 cm³/mol. The Balaban J connectivity index is 1.32. The van der Waals surface area contributed by atoms with E-state index in [2.05, 4.69) is 25.3 Å². The largest absolute Gasteiger partial charge is 0.412 e. The van der Waals surface area contributed by atoms with Gasteiger partial charge in [-0.05, 0) is 31.7 Å². The maximum Gasteiger partial charge on any atom is 0.412 e. The zero-order valence-electron chi connectivity index (χ0n) is 19.5. The van der Waals surface area contributed by atoms with Crippen LogP contribution in [-0.2, 0) is 4.79 Å². The topological polar surface area (TPSA) is 86.8 Å². The number of hydrogen-bond donors (Lipinski definition) is 2. The molecule has 3 aromatic heterocycles. The van der Waals surface area contributed by atoms with Gasteiger partial charge in [0.15, 0.2) is 17.5 Å². The monoisotopic (exact) mass is 534 g/mol. The number of likely N-dealkylation sites (tertiary alicyclic amines) is 1. The quantitative estimate of drug-likeness (QED) is 0.412. The SMILES string of the molecule is O=C(C1C=CC=C(C(F)(F)F)C1)N1CCCC[C@@H]1CNc1nc(-c2c[nH]c3ncc(Cl)cc23)ncc1F. The molecule has 1 amide bonds. The van der Waals surface area contributed by atoms with Crippen LogP contribution in [0.15, 0.2) is 48.5 Å². The fraction of sp³-hybridized carbons (Fsp3) is 0.360. The molecule has 194 valence electrons. The Labute approximate surface area is 214 Å². The number of nitrogens with one attached hydrogen (secondary N) is 2. The van der Waals surface area contributed by atoms with Crippen LogP contribution in [0.1, 0.15) is 25.7 Å². The number of allylic oxidation sites excluding steroid dienone is 3. The second-order valence-electron chi connectivity index (χ2n) is 9.09. The Hall–Kier alpha value is -3.47. The molecule has 1 fully saturated rings. The minimum atomic E-state index is -4.47. The van der Waals surface area contributed by atoms with E-state index in [-0.39, 0.29) is 36.6 Å². The Morgan fingerprint density at radius 3 is 2.89 bits per heavy atom. The molecule has 12 heteroatoms. The normalized spacial score (nSPS) is 20.2. The fourth-order valence-corrected chi connectivity index (χ4v) is 4.93. The molecule has 4 heterocycles. The number of amides is 1. The Morgan fingerprint density at radius 2 is 2.08 bits per heavy atom. The Kier molecular flexibility index (Phi) is 6.89. The van der Waals surface area contributed by atoms with Crippen molar-refractivity contribution in [3.8, 4) is 11.4 Å². The number of alkyl halides is 3. The lowest BCUT2D eigenvalue weighted by Crippen LogP contribution is -2.49. The van der Waals surface area contributed by atoms with E-state index in [0.717, 1.165) is 25.1 Å². The lowest BCUT2D eigenvalue weighted by atomic mass is 9.91. The predicted octanol–water partition coefficient (Wildman–Crippen LogP) is 5.67. The number of pyridine rings is 1. The number of rotatable bonds is 5. The summed E-state index contributed by atoms with van der Waals surface area (Å²) < 4.78 is 54.2. The molecular formula is C25H23ClF4N6O. The Morgan fingerprint density at radius 1 is 1.24 bits per heavy atom. The first-order valence-electron chi connectivity index (χ1n) is 11.8. The molecule has 1 aliphatic heterocycles. The smallest absolute Gasteiger partial charge is 0.365 e. The van der Waals surface area contributed by atoms with Crippen LogP contribution < -0.4 is 5.32 Å². The summed E-state index contributed by atoms with van der Waals surface area (Å²) in [5, 5.41) is 4.10. The van der Waals surface area contributed by atoms with E-state index in [9.17, 15) is 22.4 Å². The molecule has 0 bridgehead atoms. The van der Waals surface area contributed by atoms with Gasteiger partial charge in [0, 0.05) is 48.0 Å². The number of aromatic amines is 1. The van der Waals surface area contributed by atoms with Crippen LogP contribution in [-0.4, -0.2) is 56.1 Å². The van der Waals surface area contributed by atoms with Gasteiger partial charge in [-0.3, -0.25) is 4.79 Å². The van der Waals surface area contributed by atoms with E-state index in [1.165, 1.54) is 18.3 Å². The summed E-state index contributed by atoms with van der Waals surface area (Å²) in [7, 11) is 0. The molecule has 37 heavy (non-hydrogen) atoms. The summed E-state index contributed by atoms with van der Waals surface area (Å²) in [4.78, 5) is 30.5. The maximum atomic E-state index is 14.6. The molecule has 2 aliphatic rings. The number of halogens is 5. The lowest BCUT2D eigenvalue weighted by molar-refractivity contribution is -0.138. The Bertz CT molecular complexity index is 1390. The highest BCUT2D eigenvalue weighted by Crippen LogP contribution is 2.35. The van der Waals surface area contributed by atoms with Crippen molar-refractivity contribution >= 4 is 34.4 Å². The zero-order valence-corrected chi connectivity index (χ0v) is 20.3. The summed E-state index contributed by atoms with van der Waals surface area (Å²) in [6.45, 7) is 0.625. The molecule has 0 radical (unpaired) electrons. The van der Waals surface area contributed by atoms with Crippen LogP contribution in [0.2, 0.25) is 5.02 Å². The first kappa shape index (κ1) is 25.2. The number of fused-ring (bicyclic) bond motifs is 1. The number of carbonyl (C=O) groups excluding carboxylic acids is 1. The van der Waals surface area contributed by atoms with Crippen LogP contribution >= 0.6 is 11.6 Å². The summed E-state index contributed by atoms with van der Waals surface area (Å²) in [5.74, 6) is -1.68. The average Bonchev–Trinajstić information content (AvgIpc) is 3.30. The van der Waals surface area contributed by atoms with Crippen LogP contribution in [0.3, 0.4) is 0 Å². The second kappa shape index (κ2) is 10.1. The van der Waals surface area contributed by atoms with E-state index < -0.39 is 23.5 Å². The summed E-state index contributed by atoms with van der Waals surface area (Å²) >= 11 is 6.07. The molecule has 1 unspecified atom stereocenters. The van der Waals surface area contributed by atoms with E-state index in [1.54, 1.807) is 17.2 Å². The number of carbonyl (C=O) groups is 1. The van der Waals surface area contributed by atoms with Gasteiger partial charge in [0.05, 0.1) is 17.1 Å². The van der Waals surface area contributed by atoms with Gasteiger partial charge in [0.25, 0.3) is 0 Å². The molecule has 5 rings (SSSR count). The summed E-state index contributed by atoms with van der Waals surface area (Å²) in [6, 6.07) is 1.39. The van der Waals surface area contributed by atoms with Crippen molar-refractivity contribution in [3.05, 3.63) is 59.3 Å². The van der Waals surface area contributed by atoms with Gasteiger partial charge in [-0.25, -0.2) is 19.3 Å². The van der Waals surface area contributed by atoms with Gasteiger partial charge in [-0.15, -0.1) is 0 Å². The number of piperidine rings is 1. The molecule has 2 atom stereocenters. The minimum Gasteiger partial charge on any atom is -0.365 e.